The third kappa shape index (κ3) is 3.37. The molecule has 0 saturated carbocycles. The number of methoxy groups -OCH3 is 1. The highest BCUT2D eigenvalue weighted by Crippen LogP contribution is 2.39. The summed E-state index contributed by atoms with van der Waals surface area (Å²) in [6.45, 7) is 0. The van der Waals surface area contributed by atoms with Crippen molar-refractivity contribution in [2.75, 3.05) is 7.11 Å². The second-order valence-corrected chi connectivity index (χ2v) is 4.77. The summed E-state index contributed by atoms with van der Waals surface area (Å²) in [6.07, 6.45) is 0. The monoisotopic (exact) mass is 308 g/mol. The van der Waals surface area contributed by atoms with E-state index in [1.807, 2.05) is 36.4 Å². The Morgan fingerprint density at radius 2 is 0.957 bits per heavy atom. The molecule has 0 atom stereocenters. The van der Waals surface area contributed by atoms with Crippen LogP contribution < -0.4 is 14.2 Å². The van der Waals surface area contributed by atoms with Gasteiger partial charge in [0, 0.05) is 0 Å². The molecule has 0 unspecified atom stereocenters. The largest absolute Gasteiger partial charge is 0.504 e. The van der Waals surface area contributed by atoms with E-state index in [2.05, 4.69) is 0 Å². The van der Waals surface area contributed by atoms with Crippen LogP contribution in [-0.4, -0.2) is 12.2 Å². The molecule has 116 valence electrons. The second kappa shape index (κ2) is 6.75. The number of benzene rings is 3. The van der Waals surface area contributed by atoms with E-state index < -0.39 is 0 Å². The van der Waals surface area contributed by atoms with Crippen LogP contribution in [0, 0.1) is 0 Å². The molecular weight excluding hydrogens is 292 g/mol. The lowest BCUT2D eigenvalue weighted by Crippen LogP contribution is -1.93. The maximum atomic E-state index is 9.85. The summed E-state index contributed by atoms with van der Waals surface area (Å²) in [5.74, 6) is 2.68. The molecule has 3 aromatic rings. The zero-order valence-electron chi connectivity index (χ0n) is 12.6. The lowest BCUT2D eigenvalue weighted by molar-refractivity contribution is 0.363. The Morgan fingerprint density at radius 3 is 1.48 bits per heavy atom. The van der Waals surface area contributed by atoms with Crippen LogP contribution in [0.4, 0.5) is 0 Å². The number of phenolic OH excluding ortho intramolecular Hbond substituents is 1. The summed E-state index contributed by atoms with van der Waals surface area (Å²) in [5, 5.41) is 9.85. The van der Waals surface area contributed by atoms with E-state index in [0.717, 1.165) is 0 Å². The zero-order valence-corrected chi connectivity index (χ0v) is 12.6. The Hall–Kier alpha value is -3.14. The summed E-state index contributed by atoms with van der Waals surface area (Å²) >= 11 is 0. The van der Waals surface area contributed by atoms with Gasteiger partial charge >= 0.3 is 0 Å². The molecule has 0 aliphatic carbocycles. The van der Waals surface area contributed by atoms with Gasteiger partial charge in [0.05, 0.1) is 7.11 Å². The molecule has 0 amide bonds. The number of rotatable bonds is 5. The Kier molecular flexibility index (Phi) is 4.34. The highest BCUT2D eigenvalue weighted by atomic mass is 16.5. The van der Waals surface area contributed by atoms with Crippen molar-refractivity contribution in [2.45, 2.75) is 0 Å². The quantitative estimate of drug-likeness (QED) is 0.721. The first-order valence-corrected chi connectivity index (χ1v) is 7.13. The maximum absolute atomic E-state index is 9.85. The number of ether oxygens (including phenoxy) is 3. The molecule has 0 bridgehead atoms. The lowest BCUT2D eigenvalue weighted by Gasteiger charge is -2.14. The van der Waals surface area contributed by atoms with E-state index >= 15 is 0 Å². The van der Waals surface area contributed by atoms with E-state index in [1.54, 1.807) is 43.5 Å². The Morgan fingerprint density at radius 1 is 0.565 bits per heavy atom. The van der Waals surface area contributed by atoms with Gasteiger partial charge in [-0.3, -0.25) is 0 Å². The molecule has 0 fully saturated rings. The van der Waals surface area contributed by atoms with Crippen LogP contribution in [0.3, 0.4) is 0 Å². The molecule has 3 aromatic carbocycles. The number of hydrogen-bond acceptors (Lipinski definition) is 4. The molecule has 0 heterocycles. The van der Waals surface area contributed by atoms with Crippen LogP contribution >= 0.6 is 0 Å². The van der Waals surface area contributed by atoms with Gasteiger partial charge in [0.25, 0.3) is 0 Å². The fraction of sp³-hybridized carbons (Fsp3) is 0.0526. The van der Waals surface area contributed by atoms with E-state index in [4.69, 9.17) is 14.2 Å². The Balaban J connectivity index is 1.91. The van der Waals surface area contributed by atoms with Crippen molar-refractivity contribution < 1.29 is 19.3 Å². The van der Waals surface area contributed by atoms with Gasteiger partial charge in [0.2, 0.25) is 0 Å². The minimum atomic E-state index is 0.0691. The minimum absolute atomic E-state index is 0.0691. The van der Waals surface area contributed by atoms with Gasteiger partial charge in [0.15, 0.2) is 34.5 Å². The molecule has 23 heavy (non-hydrogen) atoms. The fourth-order valence-corrected chi connectivity index (χ4v) is 2.10. The van der Waals surface area contributed by atoms with Gasteiger partial charge in [-0.05, 0) is 36.4 Å². The van der Waals surface area contributed by atoms with Crippen LogP contribution in [0.15, 0.2) is 72.8 Å². The summed E-state index contributed by atoms with van der Waals surface area (Å²) in [6, 6.07) is 21.4. The number of para-hydroxylation sites is 6. The number of hydrogen-bond donors (Lipinski definition) is 1. The molecule has 4 heteroatoms. The van der Waals surface area contributed by atoms with Gasteiger partial charge in [-0.2, -0.15) is 0 Å². The molecule has 0 aliphatic rings. The zero-order chi connectivity index (χ0) is 16.1. The summed E-state index contributed by atoms with van der Waals surface area (Å²) < 4.78 is 17.0. The fourth-order valence-electron chi connectivity index (χ4n) is 2.10. The first kappa shape index (κ1) is 14.8. The van der Waals surface area contributed by atoms with Crippen molar-refractivity contribution in [2.24, 2.45) is 0 Å². The SMILES string of the molecule is COc1ccccc1Oc1ccccc1Oc1ccccc1O. The number of aromatic hydroxyl groups is 1. The summed E-state index contributed by atoms with van der Waals surface area (Å²) in [5.41, 5.74) is 0. The highest BCUT2D eigenvalue weighted by Gasteiger charge is 2.11. The van der Waals surface area contributed by atoms with E-state index in [9.17, 15) is 5.11 Å². The van der Waals surface area contributed by atoms with E-state index in [0.29, 0.717) is 28.7 Å². The molecule has 1 N–H and O–H groups in total. The Labute approximate surface area is 134 Å². The third-order valence-electron chi connectivity index (χ3n) is 3.22. The predicted octanol–water partition coefficient (Wildman–Crippen LogP) is 4.99. The van der Waals surface area contributed by atoms with Gasteiger partial charge in [0.1, 0.15) is 0 Å². The van der Waals surface area contributed by atoms with Crippen molar-refractivity contribution >= 4 is 0 Å². The average Bonchev–Trinajstić information content (AvgIpc) is 2.59. The van der Waals surface area contributed by atoms with Crippen molar-refractivity contribution in [1.29, 1.82) is 0 Å². The standard InChI is InChI=1S/C19H16O4/c1-21-16-10-4-5-11-17(16)23-19-13-7-6-12-18(19)22-15-9-3-2-8-14(15)20/h2-13,20H,1H3. The average molecular weight is 308 g/mol. The lowest BCUT2D eigenvalue weighted by atomic mass is 10.3. The molecule has 3 rings (SSSR count). The predicted molar refractivity (Wildman–Crippen MR) is 87.7 cm³/mol. The molecule has 0 saturated heterocycles. The normalized spacial score (nSPS) is 10.1. The van der Waals surface area contributed by atoms with Crippen molar-refractivity contribution in [3.8, 4) is 34.5 Å². The molecular formula is C19H16O4. The van der Waals surface area contributed by atoms with Crippen molar-refractivity contribution in [1.82, 2.24) is 0 Å². The van der Waals surface area contributed by atoms with Crippen molar-refractivity contribution in [3.63, 3.8) is 0 Å². The van der Waals surface area contributed by atoms with Gasteiger partial charge in [-0.25, -0.2) is 0 Å². The molecule has 0 aliphatic heterocycles. The van der Waals surface area contributed by atoms with Crippen molar-refractivity contribution in [3.05, 3.63) is 72.8 Å². The third-order valence-corrected chi connectivity index (χ3v) is 3.22. The molecule has 0 spiro atoms. The smallest absolute Gasteiger partial charge is 0.170 e. The number of phenols is 1. The van der Waals surface area contributed by atoms with Crippen LogP contribution in [0.1, 0.15) is 0 Å². The van der Waals surface area contributed by atoms with Crippen LogP contribution in [0.25, 0.3) is 0 Å². The minimum Gasteiger partial charge on any atom is -0.504 e. The van der Waals surface area contributed by atoms with Crippen LogP contribution in [-0.2, 0) is 0 Å². The highest BCUT2D eigenvalue weighted by molar-refractivity contribution is 5.50. The summed E-state index contributed by atoms with van der Waals surface area (Å²) in [4.78, 5) is 0. The van der Waals surface area contributed by atoms with E-state index in [-0.39, 0.29) is 5.75 Å². The van der Waals surface area contributed by atoms with Gasteiger partial charge in [-0.1, -0.05) is 36.4 Å². The second-order valence-electron chi connectivity index (χ2n) is 4.77. The van der Waals surface area contributed by atoms with Gasteiger partial charge in [-0.15, -0.1) is 0 Å². The molecule has 0 aromatic heterocycles. The van der Waals surface area contributed by atoms with Crippen LogP contribution in [0.2, 0.25) is 0 Å². The Bertz CT molecular complexity index is 799. The van der Waals surface area contributed by atoms with Gasteiger partial charge < -0.3 is 19.3 Å². The maximum Gasteiger partial charge on any atom is 0.170 e. The first-order valence-electron chi connectivity index (χ1n) is 7.13. The molecule has 0 radical (unpaired) electrons. The first-order chi connectivity index (χ1) is 11.3. The topological polar surface area (TPSA) is 47.9 Å². The molecule has 4 nitrogen and oxygen atoms in total. The van der Waals surface area contributed by atoms with E-state index in [1.165, 1.54) is 0 Å². The van der Waals surface area contributed by atoms with Crippen LogP contribution in [0.5, 0.6) is 34.5 Å². The summed E-state index contributed by atoms with van der Waals surface area (Å²) in [7, 11) is 1.59.